The van der Waals surface area contributed by atoms with Crippen molar-refractivity contribution in [2.24, 2.45) is 4.99 Å². The Hall–Kier alpha value is -2.19. The van der Waals surface area contributed by atoms with E-state index in [9.17, 15) is 27.1 Å². The first-order valence-corrected chi connectivity index (χ1v) is 12.7. The number of allylic oxidation sites excluding steroid dienone is 1. The summed E-state index contributed by atoms with van der Waals surface area (Å²) >= 11 is -0.556. The first-order valence-electron chi connectivity index (χ1n) is 8.39. The molecule has 0 saturated carbocycles. The van der Waals surface area contributed by atoms with Gasteiger partial charge in [0.25, 0.3) is 0 Å². The van der Waals surface area contributed by atoms with Crippen LogP contribution in [0.15, 0.2) is 71.7 Å². The SMILES string of the molecule is O/C(=C\C(=Nc1c(F)c(F)c(F)c(F)c1F)c1ccccc1)c1ccccc1.[Cl][Ti][Cl]. The van der Waals surface area contributed by atoms with Crippen LogP contribution in [0.1, 0.15) is 11.1 Å². The summed E-state index contributed by atoms with van der Waals surface area (Å²) in [5.74, 6) is -10.9. The maximum absolute atomic E-state index is 14.0. The Morgan fingerprint density at radius 2 is 1.10 bits per heavy atom. The molecule has 0 bridgehead atoms. The minimum absolute atomic E-state index is 0.190. The standard InChI is InChI=1S/C21H12F5NO.2ClH.Ti/c22-16-17(23)19(25)21(20(26)18(16)24)27-14(12-7-3-1-4-8-12)11-15(28)13-9-5-2-6-10-13;;;/h1-11,28H;2*1H;/q;;;+2/p-2/b15-11-,27-14?;;;. The Morgan fingerprint density at radius 1 is 0.710 bits per heavy atom. The summed E-state index contributed by atoms with van der Waals surface area (Å²) in [7, 11) is 9.78. The Labute approximate surface area is 191 Å². The molecule has 0 radical (unpaired) electrons. The first-order chi connectivity index (χ1) is 14.8. The number of aliphatic hydroxyl groups excluding tert-OH is 1. The monoisotopic (exact) mass is 507 g/mol. The van der Waals surface area contributed by atoms with Gasteiger partial charge in [-0.2, -0.15) is 0 Å². The fourth-order valence-corrected chi connectivity index (χ4v) is 2.42. The van der Waals surface area contributed by atoms with Crippen LogP contribution in [0, 0.1) is 29.1 Å². The second kappa shape index (κ2) is 12.0. The molecule has 3 rings (SSSR count). The summed E-state index contributed by atoms with van der Waals surface area (Å²) in [6, 6.07) is 16.1. The number of nitrogens with zero attached hydrogens (tertiary/aromatic N) is 1. The summed E-state index contributed by atoms with van der Waals surface area (Å²) in [5.41, 5.74) is -0.852. The van der Waals surface area contributed by atoms with Gasteiger partial charge in [0.1, 0.15) is 11.4 Å². The van der Waals surface area contributed by atoms with Crippen LogP contribution in [-0.4, -0.2) is 10.8 Å². The van der Waals surface area contributed by atoms with E-state index in [1.807, 2.05) is 0 Å². The van der Waals surface area contributed by atoms with E-state index < -0.39 is 51.8 Å². The molecule has 0 heterocycles. The van der Waals surface area contributed by atoms with Crippen molar-refractivity contribution in [3.63, 3.8) is 0 Å². The summed E-state index contributed by atoms with van der Waals surface area (Å²) in [6.07, 6.45) is 1.09. The molecule has 0 aliphatic carbocycles. The van der Waals surface area contributed by atoms with Crippen LogP contribution in [-0.2, 0) is 17.0 Å². The molecule has 0 aromatic heterocycles. The molecule has 160 valence electrons. The predicted octanol–water partition coefficient (Wildman–Crippen LogP) is 7.48. The third-order valence-corrected chi connectivity index (χ3v) is 3.83. The molecule has 0 fully saturated rings. The second-order valence-corrected chi connectivity index (χ2v) is 8.33. The number of rotatable bonds is 4. The second-order valence-electron chi connectivity index (χ2n) is 5.75. The molecule has 31 heavy (non-hydrogen) atoms. The Kier molecular flexibility index (Phi) is 9.71. The van der Waals surface area contributed by atoms with Gasteiger partial charge in [0.15, 0.2) is 23.3 Å². The predicted molar refractivity (Wildman–Crippen MR) is 108 cm³/mol. The van der Waals surface area contributed by atoms with Crippen LogP contribution in [0.2, 0.25) is 0 Å². The van der Waals surface area contributed by atoms with Crippen molar-refractivity contribution in [3.05, 3.63) is 107 Å². The van der Waals surface area contributed by atoms with E-state index in [1.165, 1.54) is 12.1 Å². The molecule has 1 N–H and O–H groups in total. The summed E-state index contributed by atoms with van der Waals surface area (Å²) in [5, 5.41) is 10.3. The van der Waals surface area contributed by atoms with Gasteiger partial charge < -0.3 is 5.11 Å². The van der Waals surface area contributed by atoms with Gasteiger partial charge >= 0.3 is 35.6 Å². The van der Waals surface area contributed by atoms with Crippen molar-refractivity contribution in [3.8, 4) is 0 Å². The van der Waals surface area contributed by atoms with Crippen molar-refractivity contribution >= 4 is 35.8 Å². The molecule has 0 saturated heterocycles. The van der Waals surface area contributed by atoms with E-state index in [2.05, 4.69) is 4.99 Å². The molecule has 0 amide bonds. The van der Waals surface area contributed by atoms with Crippen molar-refractivity contribution in [2.75, 3.05) is 0 Å². The zero-order valence-corrected chi connectivity index (χ0v) is 18.5. The van der Waals surface area contributed by atoms with Crippen LogP contribution in [0.5, 0.6) is 0 Å². The number of aliphatic imine (C=N–C) groups is 1. The molecule has 0 unspecified atom stereocenters. The van der Waals surface area contributed by atoms with E-state index in [4.69, 9.17) is 18.6 Å². The van der Waals surface area contributed by atoms with Gasteiger partial charge in [-0.05, 0) is 0 Å². The Morgan fingerprint density at radius 3 is 1.55 bits per heavy atom. The average molecular weight is 508 g/mol. The van der Waals surface area contributed by atoms with E-state index >= 15 is 0 Å². The first kappa shape index (κ1) is 25.1. The van der Waals surface area contributed by atoms with Crippen LogP contribution in [0.3, 0.4) is 0 Å². The molecular formula is C21H12Cl2F5NOTi. The van der Waals surface area contributed by atoms with E-state index in [-0.39, 0.29) is 11.5 Å². The van der Waals surface area contributed by atoms with E-state index in [1.54, 1.807) is 48.5 Å². The molecule has 0 atom stereocenters. The summed E-state index contributed by atoms with van der Waals surface area (Å²) in [4.78, 5) is 3.64. The minimum atomic E-state index is -2.27. The van der Waals surface area contributed by atoms with Gasteiger partial charge in [-0.3, -0.25) is 0 Å². The summed E-state index contributed by atoms with van der Waals surface area (Å²) in [6.45, 7) is 0. The third kappa shape index (κ3) is 6.40. The third-order valence-electron chi connectivity index (χ3n) is 3.83. The molecule has 3 aromatic rings. The molecular weight excluding hydrogens is 496 g/mol. The van der Waals surface area contributed by atoms with Gasteiger partial charge in [-0.25, -0.2) is 26.9 Å². The van der Waals surface area contributed by atoms with Crippen molar-refractivity contribution < 1.29 is 44.1 Å². The van der Waals surface area contributed by atoms with Crippen molar-refractivity contribution in [1.82, 2.24) is 0 Å². The number of hydrogen-bond donors (Lipinski definition) is 1. The molecule has 0 aliphatic rings. The Bertz CT molecular complexity index is 1070. The van der Waals surface area contributed by atoms with Crippen LogP contribution in [0.25, 0.3) is 5.76 Å². The zero-order valence-electron chi connectivity index (χ0n) is 15.4. The van der Waals surface area contributed by atoms with Gasteiger partial charge in [-0.1, -0.05) is 60.7 Å². The average Bonchev–Trinajstić information content (AvgIpc) is 2.80. The maximum atomic E-state index is 14.0. The van der Waals surface area contributed by atoms with E-state index in [0.29, 0.717) is 11.1 Å². The van der Waals surface area contributed by atoms with Gasteiger partial charge in [-0.15, -0.1) is 0 Å². The van der Waals surface area contributed by atoms with Crippen molar-refractivity contribution in [1.29, 1.82) is 0 Å². The number of halogens is 7. The molecule has 3 aromatic carbocycles. The van der Waals surface area contributed by atoms with Crippen LogP contribution >= 0.6 is 18.6 Å². The van der Waals surface area contributed by atoms with E-state index in [0.717, 1.165) is 6.08 Å². The molecule has 0 spiro atoms. The Balaban J connectivity index is 0.00000107. The quantitative estimate of drug-likeness (QED) is 0.0973. The van der Waals surface area contributed by atoms with Gasteiger partial charge in [0.05, 0.1) is 5.71 Å². The normalized spacial score (nSPS) is 11.6. The molecule has 2 nitrogen and oxygen atoms in total. The number of aliphatic hydroxyl groups is 1. The van der Waals surface area contributed by atoms with Gasteiger partial charge in [0, 0.05) is 17.2 Å². The number of benzene rings is 3. The fraction of sp³-hybridized carbons (Fsp3) is 0. The molecule has 0 aliphatic heterocycles. The van der Waals surface area contributed by atoms with Crippen LogP contribution in [0.4, 0.5) is 27.6 Å². The van der Waals surface area contributed by atoms with Crippen molar-refractivity contribution in [2.45, 2.75) is 0 Å². The molecule has 10 heteroatoms. The van der Waals surface area contributed by atoms with Crippen LogP contribution < -0.4 is 0 Å². The zero-order chi connectivity index (χ0) is 23.0. The number of hydrogen-bond acceptors (Lipinski definition) is 2. The van der Waals surface area contributed by atoms with Gasteiger partial charge in [0.2, 0.25) is 5.82 Å². The summed E-state index contributed by atoms with van der Waals surface area (Å²) < 4.78 is 68.3. The fourth-order valence-electron chi connectivity index (χ4n) is 2.42. The topological polar surface area (TPSA) is 32.6 Å².